The lowest BCUT2D eigenvalue weighted by Crippen LogP contribution is -1.86. The van der Waals surface area contributed by atoms with E-state index in [1.54, 1.807) is 0 Å². The molecule has 0 aromatic heterocycles. The second-order valence-corrected chi connectivity index (χ2v) is 5.15. The van der Waals surface area contributed by atoms with E-state index in [9.17, 15) is 0 Å². The Morgan fingerprint density at radius 1 is 0.789 bits per heavy atom. The summed E-state index contributed by atoms with van der Waals surface area (Å²) >= 11 is 0. The molecule has 0 saturated heterocycles. The predicted octanol–water partition coefficient (Wildman–Crippen LogP) is 4.71. The number of benzene rings is 2. The van der Waals surface area contributed by atoms with Gasteiger partial charge in [0.2, 0.25) is 0 Å². The van der Waals surface area contributed by atoms with Gasteiger partial charge in [0.05, 0.1) is 0 Å². The molecule has 0 unspecified atom stereocenters. The maximum Gasteiger partial charge on any atom is -0.00132 e. The molecule has 0 heterocycles. The zero-order valence-corrected chi connectivity index (χ0v) is 11.2. The fourth-order valence-corrected chi connectivity index (χ4v) is 2.90. The molecule has 19 heavy (non-hydrogen) atoms. The van der Waals surface area contributed by atoms with Gasteiger partial charge in [-0.25, -0.2) is 0 Å². The molecule has 0 N–H and O–H groups in total. The first-order valence-electron chi connectivity index (χ1n) is 6.77. The van der Waals surface area contributed by atoms with E-state index in [0.29, 0.717) is 0 Å². The maximum atomic E-state index is 3.81. The third kappa shape index (κ3) is 2.15. The molecule has 2 aromatic carbocycles. The molecule has 0 fully saturated rings. The topological polar surface area (TPSA) is 0 Å². The van der Waals surface area contributed by atoms with Crippen LogP contribution >= 0.6 is 0 Å². The SMILES string of the molecule is C=CCc1ccc2c(c1)Cc1cc(CC=C)ccc1-2. The van der Waals surface area contributed by atoms with Crippen LogP contribution in [0.15, 0.2) is 61.7 Å². The number of rotatable bonds is 4. The van der Waals surface area contributed by atoms with Crippen LogP contribution in [0.2, 0.25) is 0 Å². The van der Waals surface area contributed by atoms with Gasteiger partial charge in [0, 0.05) is 0 Å². The lowest BCUT2D eigenvalue weighted by atomic mass is 10.0. The number of fused-ring (bicyclic) bond motifs is 3. The van der Waals surface area contributed by atoms with Crippen LogP contribution in [0.4, 0.5) is 0 Å². The van der Waals surface area contributed by atoms with E-state index in [-0.39, 0.29) is 0 Å². The van der Waals surface area contributed by atoms with Crippen LogP contribution in [-0.4, -0.2) is 0 Å². The summed E-state index contributed by atoms with van der Waals surface area (Å²) in [6.45, 7) is 7.62. The molecule has 0 aliphatic heterocycles. The van der Waals surface area contributed by atoms with Crippen LogP contribution in [0, 0.1) is 0 Å². The van der Waals surface area contributed by atoms with Gasteiger partial charge in [0.15, 0.2) is 0 Å². The summed E-state index contributed by atoms with van der Waals surface area (Å²) in [5.41, 5.74) is 8.40. The highest BCUT2D eigenvalue weighted by atomic mass is 14.2. The highest BCUT2D eigenvalue weighted by Gasteiger charge is 2.18. The molecule has 3 rings (SSSR count). The van der Waals surface area contributed by atoms with Crippen LogP contribution < -0.4 is 0 Å². The van der Waals surface area contributed by atoms with Crippen molar-refractivity contribution < 1.29 is 0 Å². The lowest BCUT2D eigenvalue weighted by Gasteiger charge is -2.04. The highest BCUT2D eigenvalue weighted by molar-refractivity contribution is 5.77. The predicted molar refractivity (Wildman–Crippen MR) is 82.5 cm³/mol. The molecule has 0 saturated carbocycles. The van der Waals surface area contributed by atoms with Gasteiger partial charge in [0.1, 0.15) is 0 Å². The molecule has 2 aromatic rings. The van der Waals surface area contributed by atoms with Crippen LogP contribution in [0.5, 0.6) is 0 Å². The molecule has 94 valence electrons. The van der Waals surface area contributed by atoms with Crippen LogP contribution in [0.1, 0.15) is 22.3 Å². The molecule has 0 nitrogen and oxygen atoms in total. The molecule has 0 spiro atoms. The Kier molecular flexibility index (Phi) is 3.08. The lowest BCUT2D eigenvalue weighted by molar-refractivity contribution is 1.19. The number of hydrogen-bond donors (Lipinski definition) is 0. The van der Waals surface area contributed by atoms with E-state index < -0.39 is 0 Å². The van der Waals surface area contributed by atoms with Crippen LogP contribution in [-0.2, 0) is 19.3 Å². The average molecular weight is 246 g/mol. The fourth-order valence-electron chi connectivity index (χ4n) is 2.90. The smallest absolute Gasteiger partial charge is 0.00132 e. The minimum absolute atomic E-state index is 0.950. The fraction of sp³-hybridized carbons (Fsp3) is 0.158. The Morgan fingerprint density at radius 2 is 1.26 bits per heavy atom. The Balaban J connectivity index is 2.00. The van der Waals surface area contributed by atoms with Gasteiger partial charge in [-0.15, -0.1) is 13.2 Å². The first kappa shape index (κ1) is 12.0. The zero-order valence-electron chi connectivity index (χ0n) is 11.2. The number of hydrogen-bond acceptors (Lipinski definition) is 0. The molecule has 0 amide bonds. The standard InChI is InChI=1S/C19H18/c1-3-5-14-7-9-18-16(11-14)13-17-12-15(6-4-2)8-10-19(17)18/h3-4,7-12H,1-2,5-6,13H2. The van der Waals surface area contributed by atoms with Crippen molar-refractivity contribution in [2.45, 2.75) is 19.3 Å². The van der Waals surface area contributed by atoms with E-state index in [0.717, 1.165) is 19.3 Å². The molecule has 1 aliphatic rings. The van der Waals surface area contributed by atoms with Gasteiger partial charge in [-0.1, -0.05) is 48.6 Å². The third-order valence-corrected chi connectivity index (χ3v) is 3.77. The van der Waals surface area contributed by atoms with E-state index in [1.165, 1.54) is 33.4 Å². The van der Waals surface area contributed by atoms with E-state index >= 15 is 0 Å². The average Bonchev–Trinajstić information content (AvgIpc) is 2.76. The minimum Gasteiger partial charge on any atom is -0.103 e. The van der Waals surface area contributed by atoms with Gasteiger partial charge in [-0.3, -0.25) is 0 Å². The van der Waals surface area contributed by atoms with Gasteiger partial charge < -0.3 is 0 Å². The molecule has 0 heteroatoms. The summed E-state index contributed by atoms with van der Waals surface area (Å²) in [6.07, 6.45) is 6.88. The summed E-state index contributed by atoms with van der Waals surface area (Å²) in [5, 5.41) is 0. The summed E-state index contributed by atoms with van der Waals surface area (Å²) < 4.78 is 0. The number of allylic oxidation sites excluding steroid dienone is 2. The molecule has 0 atom stereocenters. The van der Waals surface area contributed by atoms with Gasteiger partial charge in [-0.05, 0) is 52.6 Å². The monoisotopic (exact) mass is 246 g/mol. The Bertz CT molecular complexity index is 590. The molecular formula is C19H18. The Hall–Kier alpha value is -2.08. The molecule has 1 aliphatic carbocycles. The van der Waals surface area contributed by atoms with E-state index in [1.807, 2.05) is 12.2 Å². The van der Waals surface area contributed by atoms with Crippen molar-refractivity contribution in [1.29, 1.82) is 0 Å². The first-order valence-corrected chi connectivity index (χ1v) is 6.77. The quantitative estimate of drug-likeness (QED) is 0.585. The van der Waals surface area contributed by atoms with Crippen molar-refractivity contribution >= 4 is 0 Å². The normalized spacial score (nSPS) is 11.8. The summed E-state index contributed by atoms with van der Waals surface area (Å²) in [5.74, 6) is 0. The maximum absolute atomic E-state index is 3.81. The summed E-state index contributed by atoms with van der Waals surface area (Å²) in [4.78, 5) is 0. The minimum atomic E-state index is 0.950. The molecule has 0 bridgehead atoms. The Morgan fingerprint density at radius 3 is 1.68 bits per heavy atom. The zero-order chi connectivity index (χ0) is 13.2. The third-order valence-electron chi connectivity index (χ3n) is 3.77. The molecular weight excluding hydrogens is 228 g/mol. The Labute approximate surface area is 115 Å². The van der Waals surface area contributed by atoms with Gasteiger partial charge in [0.25, 0.3) is 0 Å². The molecule has 0 radical (unpaired) electrons. The second-order valence-electron chi connectivity index (χ2n) is 5.15. The first-order chi connectivity index (χ1) is 9.31. The van der Waals surface area contributed by atoms with Crippen molar-refractivity contribution in [2.24, 2.45) is 0 Å². The largest absolute Gasteiger partial charge is 0.103 e. The van der Waals surface area contributed by atoms with Gasteiger partial charge in [-0.2, -0.15) is 0 Å². The van der Waals surface area contributed by atoms with Crippen molar-refractivity contribution in [2.75, 3.05) is 0 Å². The van der Waals surface area contributed by atoms with Crippen LogP contribution in [0.3, 0.4) is 0 Å². The van der Waals surface area contributed by atoms with Crippen molar-refractivity contribution in [3.05, 3.63) is 84.0 Å². The van der Waals surface area contributed by atoms with Crippen molar-refractivity contribution in [3.8, 4) is 11.1 Å². The van der Waals surface area contributed by atoms with E-state index in [2.05, 4.69) is 49.6 Å². The second kappa shape index (κ2) is 4.89. The van der Waals surface area contributed by atoms with Crippen molar-refractivity contribution in [1.82, 2.24) is 0 Å². The van der Waals surface area contributed by atoms with Gasteiger partial charge >= 0.3 is 0 Å². The van der Waals surface area contributed by atoms with Crippen LogP contribution in [0.25, 0.3) is 11.1 Å². The summed E-state index contributed by atoms with van der Waals surface area (Å²) in [6, 6.07) is 13.6. The van der Waals surface area contributed by atoms with E-state index in [4.69, 9.17) is 0 Å². The highest BCUT2D eigenvalue weighted by Crippen LogP contribution is 2.37. The van der Waals surface area contributed by atoms with Crippen molar-refractivity contribution in [3.63, 3.8) is 0 Å². The summed E-state index contributed by atoms with van der Waals surface area (Å²) in [7, 11) is 0.